The summed E-state index contributed by atoms with van der Waals surface area (Å²) in [5, 5.41) is 23.0. The molecule has 0 aromatic rings. The topological polar surface area (TPSA) is 95.9 Å². The average Bonchev–Trinajstić information content (AvgIpc) is 3.42. The summed E-state index contributed by atoms with van der Waals surface area (Å²) >= 11 is 0. The Morgan fingerprint density at radius 1 is 0.355 bits per heavy atom. The number of aliphatic hydroxyl groups excluding tert-OH is 2. The van der Waals surface area contributed by atoms with Crippen molar-refractivity contribution in [2.45, 2.75) is 386 Å². The number of carbonyl (C=O) groups is 2. The summed E-state index contributed by atoms with van der Waals surface area (Å²) in [6.07, 6.45) is 83.7. The molecule has 6 nitrogen and oxygen atoms in total. The van der Waals surface area contributed by atoms with Crippen molar-refractivity contribution in [2.24, 2.45) is 0 Å². The lowest BCUT2D eigenvalue weighted by molar-refractivity contribution is -0.143. The first-order chi connectivity index (χ1) is 37.5. The first-order valence-corrected chi connectivity index (χ1v) is 34.3. The van der Waals surface area contributed by atoms with Gasteiger partial charge in [-0.1, -0.05) is 314 Å². The van der Waals surface area contributed by atoms with E-state index in [0.29, 0.717) is 19.4 Å². The summed E-state index contributed by atoms with van der Waals surface area (Å²) in [5.41, 5.74) is 0. The van der Waals surface area contributed by atoms with E-state index in [1.54, 1.807) is 6.08 Å². The molecule has 448 valence electrons. The predicted octanol–water partition coefficient (Wildman–Crippen LogP) is 21.9. The van der Waals surface area contributed by atoms with Crippen molar-refractivity contribution in [3.05, 3.63) is 36.5 Å². The Bertz CT molecular complexity index is 1230. The van der Waals surface area contributed by atoms with Crippen LogP contribution in [0.25, 0.3) is 0 Å². The maximum atomic E-state index is 12.4. The van der Waals surface area contributed by atoms with Gasteiger partial charge in [0.15, 0.2) is 0 Å². The molecule has 0 heterocycles. The fourth-order valence-corrected chi connectivity index (χ4v) is 10.6. The number of hydrogen-bond acceptors (Lipinski definition) is 5. The molecular weight excluding hydrogens is 935 g/mol. The molecule has 0 fully saturated rings. The molecule has 0 aromatic carbocycles. The molecule has 0 aliphatic carbocycles. The number of hydrogen-bond donors (Lipinski definition) is 3. The first-order valence-electron chi connectivity index (χ1n) is 34.3. The van der Waals surface area contributed by atoms with Crippen molar-refractivity contribution in [1.29, 1.82) is 0 Å². The van der Waals surface area contributed by atoms with Gasteiger partial charge in [-0.05, 0) is 83.5 Å². The molecule has 2 unspecified atom stereocenters. The van der Waals surface area contributed by atoms with Gasteiger partial charge in [0.2, 0.25) is 5.91 Å². The number of unbranched alkanes of at least 4 members (excludes halogenated alkanes) is 49. The fraction of sp³-hybridized carbons (Fsp3) is 0.886. The summed E-state index contributed by atoms with van der Waals surface area (Å²) in [4.78, 5) is 24.5. The van der Waals surface area contributed by atoms with E-state index in [4.69, 9.17) is 4.74 Å². The van der Waals surface area contributed by atoms with E-state index in [0.717, 1.165) is 38.5 Å². The van der Waals surface area contributed by atoms with E-state index in [1.807, 2.05) is 6.08 Å². The van der Waals surface area contributed by atoms with Crippen LogP contribution in [0.3, 0.4) is 0 Å². The van der Waals surface area contributed by atoms with Gasteiger partial charge in [0.1, 0.15) is 0 Å². The minimum Gasteiger partial charge on any atom is -0.466 e. The van der Waals surface area contributed by atoms with Crippen molar-refractivity contribution in [3.8, 4) is 0 Å². The standard InChI is InChI=1S/C70H133NO5/c1-3-5-7-9-11-13-15-16-17-18-30-34-37-40-44-48-52-56-60-64-70(75)76-65-61-57-53-49-45-41-38-35-32-29-27-25-23-21-19-20-22-24-26-28-31-33-36-39-43-47-51-55-59-63-69(74)71-67(66-72)68(73)62-58-54-50-46-42-14-12-10-8-6-4-2/h16-17,19,21,58,62,67-68,72-73H,3-15,18,20,22-57,59-61,63-66H2,1-2H3,(H,71,74)/b17-16-,21-19-,62-58+. The molecule has 0 aliphatic heterocycles. The van der Waals surface area contributed by atoms with Crippen LogP contribution in [-0.2, 0) is 14.3 Å². The van der Waals surface area contributed by atoms with Crippen LogP contribution in [0.15, 0.2) is 36.5 Å². The number of ether oxygens (including phenoxy) is 1. The van der Waals surface area contributed by atoms with E-state index in [2.05, 4.69) is 43.5 Å². The third-order valence-electron chi connectivity index (χ3n) is 15.9. The van der Waals surface area contributed by atoms with Crippen molar-refractivity contribution in [2.75, 3.05) is 13.2 Å². The molecule has 0 saturated carbocycles. The number of esters is 1. The number of allylic oxidation sites excluding steroid dienone is 5. The minimum absolute atomic E-state index is 0.0160. The normalized spacial score (nSPS) is 12.7. The molecule has 0 saturated heterocycles. The Labute approximate surface area is 474 Å². The second kappa shape index (κ2) is 65.6. The van der Waals surface area contributed by atoms with Gasteiger partial charge in [0, 0.05) is 12.8 Å². The molecule has 0 rings (SSSR count). The van der Waals surface area contributed by atoms with Gasteiger partial charge in [-0.3, -0.25) is 9.59 Å². The maximum Gasteiger partial charge on any atom is 0.305 e. The lowest BCUT2D eigenvalue weighted by Gasteiger charge is -2.20. The Morgan fingerprint density at radius 3 is 0.934 bits per heavy atom. The molecule has 0 aliphatic rings. The van der Waals surface area contributed by atoms with Gasteiger partial charge in [0.05, 0.1) is 25.4 Å². The van der Waals surface area contributed by atoms with Crippen LogP contribution in [0.5, 0.6) is 0 Å². The van der Waals surface area contributed by atoms with Crippen molar-refractivity contribution < 1.29 is 24.5 Å². The maximum absolute atomic E-state index is 12.4. The van der Waals surface area contributed by atoms with Gasteiger partial charge >= 0.3 is 5.97 Å². The fourth-order valence-electron chi connectivity index (χ4n) is 10.6. The predicted molar refractivity (Wildman–Crippen MR) is 333 cm³/mol. The van der Waals surface area contributed by atoms with E-state index in [9.17, 15) is 19.8 Å². The van der Waals surface area contributed by atoms with Gasteiger partial charge in [-0.15, -0.1) is 0 Å². The van der Waals surface area contributed by atoms with Crippen LogP contribution < -0.4 is 5.32 Å². The third kappa shape index (κ3) is 61.3. The zero-order valence-corrected chi connectivity index (χ0v) is 51.3. The van der Waals surface area contributed by atoms with Crippen LogP contribution in [0, 0.1) is 0 Å². The summed E-state index contributed by atoms with van der Waals surface area (Å²) in [7, 11) is 0. The summed E-state index contributed by atoms with van der Waals surface area (Å²) in [5.74, 6) is -0.0514. The summed E-state index contributed by atoms with van der Waals surface area (Å²) < 4.78 is 5.51. The molecule has 76 heavy (non-hydrogen) atoms. The van der Waals surface area contributed by atoms with Crippen LogP contribution in [-0.4, -0.2) is 47.4 Å². The third-order valence-corrected chi connectivity index (χ3v) is 15.9. The quantitative estimate of drug-likeness (QED) is 0.0320. The molecule has 2 atom stereocenters. The van der Waals surface area contributed by atoms with Gasteiger partial charge in [-0.25, -0.2) is 0 Å². The van der Waals surface area contributed by atoms with Crippen molar-refractivity contribution in [1.82, 2.24) is 5.32 Å². The monoisotopic (exact) mass is 1070 g/mol. The number of carbonyl (C=O) groups excluding carboxylic acids is 2. The molecule has 1 amide bonds. The SMILES string of the molecule is CCCCCCCC/C=C\CCCCCCCCCCCC(=O)OCCCCCCCCCCCCCC/C=C\CCCCCCCCCCCCCCCC(=O)NC(CO)C(O)/C=C/CCCCCCCCCCC. The number of rotatable bonds is 64. The summed E-state index contributed by atoms with van der Waals surface area (Å²) in [6, 6.07) is -0.626. The van der Waals surface area contributed by atoms with E-state index >= 15 is 0 Å². The molecule has 6 heteroatoms. The highest BCUT2D eigenvalue weighted by Gasteiger charge is 2.18. The number of aliphatic hydroxyl groups is 2. The van der Waals surface area contributed by atoms with E-state index in [-0.39, 0.29) is 18.5 Å². The van der Waals surface area contributed by atoms with Crippen LogP contribution >= 0.6 is 0 Å². The molecule has 0 radical (unpaired) electrons. The molecule has 0 aromatic heterocycles. The van der Waals surface area contributed by atoms with Crippen molar-refractivity contribution in [3.63, 3.8) is 0 Å². The Hall–Kier alpha value is -1.92. The molecular formula is C70H133NO5. The number of amides is 1. The van der Waals surface area contributed by atoms with Gasteiger partial charge < -0.3 is 20.3 Å². The summed E-state index contributed by atoms with van der Waals surface area (Å²) in [6.45, 7) is 4.91. The zero-order valence-electron chi connectivity index (χ0n) is 51.3. The highest BCUT2D eigenvalue weighted by atomic mass is 16.5. The van der Waals surface area contributed by atoms with E-state index in [1.165, 1.54) is 308 Å². The zero-order chi connectivity index (χ0) is 55.0. The Balaban J connectivity index is 3.35. The molecule has 3 N–H and O–H groups in total. The highest BCUT2D eigenvalue weighted by Crippen LogP contribution is 2.18. The lowest BCUT2D eigenvalue weighted by Crippen LogP contribution is -2.45. The minimum atomic E-state index is -0.842. The smallest absolute Gasteiger partial charge is 0.305 e. The van der Waals surface area contributed by atoms with Crippen LogP contribution in [0.1, 0.15) is 373 Å². The molecule has 0 bridgehead atoms. The van der Waals surface area contributed by atoms with E-state index < -0.39 is 12.1 Å². The number of nitrogens with one attached hydrogen (secondary N) is 1. The highest BCUT2D eigenvalue weighted by molar-refractivity contribution is 5.76. The first kappa shape index (κ1) is 74.1. The lowest BCUT2D eigenvalue weighted by atomic mass is 10.0. The second-order valence-electron chi connectivity index (χ2n) is 23.5. The Kier molecular flexibility index (Phi) is 63.9. The van der Waals surface area contributed by atoms with Crippen molar-refractivity contribution >= 4 is 11.9 Å². The second-order valence-corrected chi connectivity index (χ2v) is 23.5. The Morgan fingerprint density at radius 2 is 0.618 bits per heavy atom. The largest absolute Gasteiger partial charge is 0.466 e. The van der Waals surface area contributed by atoms with Crippen LogP contribution in [0.2, 0.25) is 0 Å². The van der Waals surface area contributed by atoms with Gasteiger partial charge in [-0.2, -0.15) is 0 Å². The van der Waals surface area contributed by atoms with Crippen LogP contribution in [0.4, 0.5) is 0 Å². The van der Waals surface area contributed by atoms with Gasteiger partial charge in [0.25, 0.3) is 0 Å². The average molecular weight is 1070 g/mol. The molecule has 0 spiro atoms.